The lowest BCUT2D eigenvalue weighted by Gasteiger charge is -2.07. The van der Waals surface area contributed by atoms with Gasteiger partial charge in [-0.25, -0.2) is 0 Å². The molecule has 0 aliphatic heterocycles. The lowest BCUT2D eigenvalue weighted by molar-refractivity contribution is -0.115. The van der Waals surface area contributed by atoms with Crippen LogP contribution in [0.3, 0.4) is 0 Å². The van der Waals surface area contributed by atoms with Crippen molar-refractivity contribution >= 4 is 29.1 Å². The summed E-state index contributed by atoms with van der Waals surface area (Å²) in [6, 6.07) is 13.6. The monoisotopic (exact) mass is 288 g/mol. The van der Waals surface area contributed by atoms with E-state index in [2.05, 4.69) is 5.32 Å². The average Bonchev–Trinajstić information content (AvgIpc) is 2.41. The molecular weight excluding hydrogens is 276 g/mol. The van der Waals surface area contributed by atoms with Crippen molar-refractivity contribution in [1.29, 1.82) is 0 Å². The second-order valence-electron chi connectivity index (χ2n) is 4.26. The molecular formula is C15H13ClN2O2. The maximum Gasteiger partial charge on any atom is 0.248 e. The lowest BCUT2D eigenvalue weighted by atomic mass is 10.1. The zero-order valence-electron chi connectivity index (χ0n) is 10.6. The Labute approximate surface area is 121 Å². The van der Waals surface area contributed by atoms with Crippen LogP contribution in [0.1, 0.15) is 15.9 Å². The summed E-state index contributed by atoms with van der Waals surface area (Å²) >= 11 is 6.00. The van der Waals surface area contributed by atoms with Crippen LogP contribution in [0.4, 0.5) is 5.69 Å². The Kier molecular flexibility index (Phi) is 4.38. The maximum atomic E-state index is 11.9. The zero-order chi connectivity index (χ0) is 14.5. The summed E-state index contributed by atoms with van der Waals surface area (Å²) in [6.07, 6.45) is 0.167. The number of nitrogens with two attached hydrogens (primary N) is 1. The highest BCUT2D eigenvalue weighted by Crippen LogP contribution is 2.16. The third kappa shape index (κ3) is 3.59. The molecule has 20 heavy (non-hydrogen) atoms. The van der Waals surface area contributed by atoms with Crippen LogP contribution < -0.4 is 11.1 Å². The molecule has 0 radical (unpaired) electrons. The highest BCUT2D eigenvalue weighted by molar-refractivity contribution is 6.31. The van der Waals surface area contributed by atoms with Crippen LogP contribution in [-0.2, 0) is 11.2 Å². The molecule has 0 fully saturated rings. The van der Waals surface area contributed by atoms with E-state index in [4.69, 9.17) is 17.3 Å². The van der Waals surface area contributed by atoms with Gasteiger partial charge in [0, 0.05) is 16.3 Å². The number of anilines is 1. The van der Waals surface area contributed by atoms with Crippen molar-refractivity contribution < 1.29 is 9.59 Å². The van der Waals surface area contributed by atoms with Crippen molar-refractivity contribution in [2.24, 2.45) is 5.73 Å². The van der Waals surface area contributed by atoms with Gasteiger partial charge in [-0.05, 0) is 29.8 Å². The molecule has 0 saturated heterocycles. The van der Waals surface area contributed by atoms with Crippen molar-refractivity contribution in [1.82, 2.24) is 0 Å². The molecule has 2 aromatic rings. The SMILES string of the molecule is NC(=O)c1cccc(NC(=O)Cc2ccccc2Cl)c1. The molecule has 0 atom stereocenters. The van der Waals surface area contributed by atoms with E-state index >= 15 is 0 Å². The molecule has 0 unspecified atom stereocenters. The summed E-state index contributed by atoms with van der Waals surface area (Å²) in [5.41, 5.74) is 6.81. The van der Waals surface area contributed by atoms with E-state index < -0.39 is 5.91 Å². The first-order valence-electron chi connectivity index (χ1n) is 5.99. The second kappa shape index (κ2) is 6.21. The lowest BCUT2D eigenvalue weighted by Crippen LogP contribution is -2.16. The van der Waals surface area contributed by atoms with E-state index in [9.17, 15) is 9.59 Å². The Morgan fingerprint density at radius 2 is 1.85 bits per heavy atom. The van der Waals surface area contributed by atoms with Gasteiger partial charge in [-0.15, -0.1) is 0 Å². The number of rotatable bonds is 4. The summed E-state index contributed by atoms with van der Waals surface area (Å²) in [5.74, 6) is -0.744. The van der Waals surface area contributed by atoms with Crippen LogP contribution in [0.25, 0.3) is 0 Å². The number of nitrogens with one attached hydrogen (secondary N) is 1. The van der Waals surface area contributed by atoms with Crippen molar-refractivity contribution in [3.63, 3.8) is 0 Å². The summed E-state index contributed by atoms with van der Waals surface area (Å²) in [4.78, 5) is 23.0. The number of amides is 2. The molecule has 0 heterocycles. The van der Waals surface area contributed by atoms with Gasteiger partial charge >= 0.3 is 0 Å². The van der Waals surface area contributed by atoms with Crippen LogP contribution in [0, 0.1) is 0 Å². The standard InChI is InChI=1S/C15H13ClN2O2/c16-13-7-2-1-4-10(13)9-14(19)18-12-6-3-5-11(8-12)15(17)20/h1-8H,9H2,(H2,17,20)(H,18,19). The van der Waals surface area contributed by atoms with Crippen molar-refractivity contribution in [2.45, 2.75) is 6.42 Å². The van der Waals surface area contributed by atoms with Gasteiger partial charge in [-0.3, -0.25) is 9.59 Å². The van der Waals surface area contributed by atoms with Crippen LogP contribution in [0.5, 0.6) is 0 Å². The summed E-state index contributed by atoms with van der Waals surface area (Å²) in [5, 5.41) is 3.26. The third-order valence-corrected chi connectivity index (χ3v) is 3.11. The minimum Gasteiger partial charge on any atom is -0.366 e. The van der Waals surface area contributed by atoms with Gasteiger partial charge in [0.15, 0.2) is 0 Å². The number of hydrogen-bond donors (Lipinski definition) is 2. The fraction of sp³-hybridized carbons (Fsp3) is 0.0667. The van der Waals surface area contributed by atoms with Crippen molar-refractivity contribution in [3.8, 4) is 0 Å². The molecule has 0 aliphatic rings. The predicted molar refractivity (Wildman–Crippen MR) is 78.7 cm³/mol. The van der Waals surface area contributed by atoms with Gasteiger partial charge < -0.3 is 11.1 Å². The molecule has 2 amide bonds. The quantitative estimate of drug-likeness (QED) is 0.908. The molecule has 0 saturated carbocycles. The molecule has 4 nitrogen and oxygen atoms in total. The number of benzene rings is 2. The van der Waals surface area contributed by atoms with E-state index in [0.29, 0.717) is 16.3 Å². The number of hydrogen-bond acceptors (Lipinski definition) is 2. The van der Waals surface area contributed by atoms with Crippen molar-refractivity contribution in [3.05, 3.63) is 64.7 Å². The fourth-order valence-electron chi connectivity index (χ4n) is 1.77. The molecule has 5 heteroatoms. The molecule has 0 aliphatic carbocycles. The Balaban J connectivity index is 2.07. The topological polar surface area (TPSA) is 72.2 Å². The first-order valence-corrected chi connectivity index (χ1v) is 6.37. The van der Waals surface area contributed by atoms with Gasteiger partial charge in [-0.2, -0.15) is 0 Å². The minimum absolute atomic E-state index is 0.167. The number of carbonyl (C=O) groups is 2. The second-order valence-corrected chi connectivity index (χ2v) is 4.67. The Morgan fingerprint density at radius 1 is 1.10 bits per heavy atom. The molecule has 102 valence electrons. The van der Waals surface area contributed by atoms with Crippen molar-refractivity contribution in [2.75, 3.05) is 5.32 Å². The predicted octanol–water partition coefficient (Wildman–Crippen LogP) is 2.62. The molecule has 2 rings (SSSR count). The number of primary amides is 1. The molecule has 0 bridgehead atoms. The molecule has 3 N–H and O–H groups in total. The van der Waals surface area contributed by atoms with Crippen LogP contribution >= 0.6 is 11.6 Å². The fourth-order valence-corrected chi connectivity index (χ4v) is 1.97. The van der Waals surface area contributed by atoms with E-state index in [1.165, 1.54) is 6.07 Å². The highest BCUT2D eigenvalue weighted by Gasteiger charge is 2.08. The van der Waals surface area contributed by atoms with Gasteiger partial charge in [0.25, 0.3) is 0 Å². The van der Waals surface area contributed by atoms with Gasteiger partial charge in [0.2, 0.25) is 11.8 Å². The maximum absolute atomic E-state index is 11.9. The normalized spacial score (nSPS) is 10.1. The Morgan fingerprint density at radius 3 is 2.55 bits per heavy atom. The van der Waals surface area contributed by atoms with Crippen LogP contribution in [0.2, 0.25) is 5.02 Å². The third-order valence-electron chi connectivity index (χ3n) is 2.74. The van der Waals surface area contributed by atoms with Crippen LogP contribution in [0.15, 0.2) is 48.5 Å². The summed E-state index contributed by atoms with van der Waals surface area (Å²) in [6.45, 7) is 0. The average molecular weight is 289 g/mol. The van der Waals surface area contributed by atoms with Gasteiger partial charge in [0.1, 0.15) is 0 Å². The number of halogens is 1. The van der Waals surface area contributed by atoms with Gasteiger partial charge in [-0.1, -0.05) is 35.9 Å². The summed E-state index contributed by atoms with van der Waals surface area (Å²) < 4.78 is 0. The van der Waals surface area contributed by atoms with E-state index in [1.54, 1.807) is 36.4 Å². The van der Waals surface area contributed by atoms with E-state index in [0.717, 1.165) is 5.56 Å². The van der Waals surface area contributed by atoms with Gasteiger partial charge in [0.05, 0.1) is 6.42 Å². The Hall–Kier alpha value is -2.33. The van der Waals surface area contributed by atoms with E-state index in [-0.39, 0.29) is 12.3 Å². The smallest absolute Gasteiger partial charge is 0.248 e. The largest absolute Gasteiger partial charge is 0.366 e. The summed E-state index contributed by atoms with van der Waals surface area (Å²) in [7, 11) is 0. The Bertz CT molecular complexity index is 656. The zero-order valence-corrected chi connectivity index (χ0v) is 11.4. The van der Waals surface area contributed by atoms with Crippen LogP contribution in [-0.4, -0.2) is 11.8 Å². The first-order chi connectivity index (χ1) is 9.56. The molecule has 2 aromatic carbocycles. The first kappa shape index (κ1) is 14.1. The van der Waals surface area contributed by atoms with E-state index in [1.807, 2.05) is 6.07 Å². The number of carbonyl (C=O) groups excluding carboxylic acids is 2. The highest BCUT2D eigenvalue weighted by atomic mass is 35.5. The molecule has 0 spiro atoms. The molecule has 0 aromatic heterocycles. The minimum atomic E-state index is -0.535.